The van der Waals surface area contributed by atoms with Crippen molar-refractivity contribution in [3.63, 3.8) is 0 Å². The number of hydrogen-bond donors (Lipinski definition) is 0. The van der Waals surface area contributed by atoms with Crippen molar-refractivity contribution in [2.24, 2.45) is 5.92 Å². The van der Waals surface area contributed by atoms with Crippen LogP contribution in [-0.4, -0.2) is 26.3 Å². The molecule has 0 aliphatic rings. The van der Waals surface area contributed by atoms with E-state index in [0.717, 1.165) is 5.56 Å². The van der Waals surface area contributed by atoms with Crippen LogP contribution in [0.5, 0.6) is 0 Å². The van der Waals surface area contributed by atoms with Gasteiger partial charge in [-0.3, -0.25) is 4.79 Å². The fraction of sp³-hybridized carbons (Fsp3) is 0.462. The van der Waals surface area contributed by atoms with Gasteiger partial charge in [-0.2, -0.15) is 0 Å². The van der Waals surface area contributed by atoms with Gasteiger partial charge in [0.15, 0.2) is 0 Å². The smallest absolute Gasteiger partial charge is 0.311 e. The highest BCUT2D eigenvalue weighted by Gasteiger charge is 2.24. The molecule has 1 aromatic rings. The lowest BCUT2D eigenvalue weighted by Gasteiger charge is -2.20. The van der Waals surface area contributed by atoms with Crippen molar-refractivity contribution < 1.29 is 14.3 Å². The molecule has 88 valence electrons. The molecule has 0 radical (unpaired) electrons. The molecule has 2 atom stereocenters. The average Bonchev–Trinajstić information content (AvgIpc) is 2.35. The van der Waals surface area contributed by atoms with Gasteiger partial charge < -0.3 is 9.47 Å². The lowest BCUT2D eigenvalue weighted by molar-refractivity contribution is -0.149. The highest BCUT2D eigenvalue weighted by Crippen LogP contribution is 2.14. The Kier molecular flexibility index (Phi) is 4.99. The van der Waals surface area contributed by atoms with Gasteiger partial charge in [0.25, 0.3) is 0 Å². The maximum absolute atomic E-state index is 11.4. The first kappa shape index (κ1) is 12.7. The Morgan fingerprint density at radius 3 is 2.38 bits per heavy atom. The number of esters is 1. The highest BCUT2D eigenvalue weighted by molar-refractivity contribution is 5.72. The van der Waals surface area contributed by atoms with E-state index >= 15 is 0 Å². The fourth-order valence-corrected chi connectivity index (χ4v) is 1.65. The second-order valence-electron chi connectivity index (χ2n) is 3.78. The van der Waals surface area contributed by atoms with E-state index in [-0.39, 0.29) is 18.0 Å². The van der Waals surface area contributed by atoms with E-state index in [1.54, 1.807) is 7.11 Å². The van der Waals surface area contributed by atoms with Crippen molar-refractivity contribution in [1.82, 2.24) is 0 Å². The van der Waals surface area contributed by atoms with Gasteiger partial charge in [-0.1, -0.05) is 30.3 Å². The van der Waals surface area contributed by atoms with Crippen LogP contribution in [0.25, 0.3) is 0 Å². The zero-order valence-electron chi connectivity index (χ0n) is 9.97. The molecular formula is C13H18O3. The van der Waals surface area contributed by atoms with Gasteiger partial charge in [-0.05, 0) is 18.9 Å². The number of carbonyl (C=O) groups is 1. The van der Waals surface area contributed by atoms with E-state index in [0.29, 0.717) is 6.42 Å². The molecule has 0 heterocycles. The van der Waals surface area contributed by atoms with Crippen LogP contribution in [0, 0.1) is 5.92 Å². The summed E-state index contributed by atoms with van der Waals surface area (Å²) < 4.78 is 10.1. The molecule has 0 saturated carbocycles. The van der Waals surface area contributed by atoms with Crippen molar-refractivity contribution in [3.8, 4) is 0 Å². The third-order valence-corrected chi connectivity index (χ3v) is 2.71. The number of hydrogen-bond acceptors (Lipinski definition) is 3. The van der Waals surface area contributed by atoms with Crippen molar-refractivity contribution in [2.75, 3.05) is 14.2 Å². The third kappa shape index (κ3) is 3.35. The lowest BCUT2D eigenvalue weighted by Crippen LogP contribution is -2.30. The first-order chi connectivity index (χ1) is 7.69. The zero-order valence-corrected chi connectivity index (χ0v) is 9.97. The molecule has 0 bridgehead atoms. The van der Waals surface area contributed by atoms with Gasteiger partial charge in [0.05, 0.1) is 19.1 Å². The molecule has 0 aromatic heterocycles. The topological polar surface area (TPSA) is 35.5 Å². The number of benzene rings is 1. The third-order valence-electron chi connectivity index (χ3n) is 2.71. The normalized spacial score (nSPS) is 14.2. The summed E-state index contributed by atoms with van der Waals surface area (Å²) in [4.78, 5) is 11.4. The largest absolute Gasteiger partial charge is 0.469 e. The molecule has 0 aliphatic carbocycles. The predicted molar refractivity (Wildman–Crippen MR) is 62.1 cm³/mol. The minimum absolute atomic E-state index is 0.144. The SMILES string of the molecule is COC(=O)C(C)C(Cc1ccccc1)OC. The molecule has 0 spiro atoms. The van der Waals surface area contributed by atoms with E-state index in [4.69, 9.17) is 9.47 Å². The summed E-state index contributed by atoms with van der Waals surface area (Å²) in [5.41, 5.74) is 1.16. The standard InChI is InChI=1S/C13H18O3/c1-10(13(14)16-3)12(15-2)9-11-7-5-4-6-8-11/h4-8,10,12H,9H2,1-3H3. The summed E-state index contributed by atoms with van der Waals surface area (Å²) in [6, 6.07) is 9.97. The van der Waals surface area contributed by atoms with Crippen LogP contribution in [-0.2, 0) is 20.7 Å². The molecule has 0 fully saturated rings. The summed E-state index contributed by atoms with van der Waals surface area (Å²) in [7, 11) is 3.01. The van der Waals surface area contributed by atoms with E-state index in [2.05, 4.69) is 0 Å². The number of rotatable bonds is 5. The first-order valence-corrected chi connectivity index (χ1v) is 5.33. The van der Waals surface area contributed by atoms with Crippen molar-refractivity contribution in [2.45, 2.75) is 19.4 Å². The molecule has 3 heteroatoms. The quantitative estimate of drug-likeness (QED) is 0.715. The molecule has 3 nitrogen and oxygen atoms in total. The van der Waals surface area contributed by atoms with E-state index < -0.39 is 0 Å². The maximum Gasteiger partial charge on any atom is 0.311 e. The number of ether oxygens (including phenoxy) is 2. The molecule has 1 rings (SSSR count). The second-order valence-corrected chi connectivity index (χ2v) is 3.78. The molecule has 0 N–H and O–H groups in total. The maximum atomic E-state index is 11.4. The van der Waals surface area contributed by atoms with Crippen LogP contribution in [0.3, 0.4) is 0 Å². The summed E-state index contributed by atoms with van der Waals surface area (Å²) in [5, 5.41) is 0. The zero-order chi connectivity index (χ0) is 12.0. The summed E-state index contributed by atoms with van der Waals surface area (Å²) in [5.74, 6) is -0.488. The van der Waals surface area contributed by atoms with Crippen LogP contribution in [0.4, 0.5) is 0 Å². The molecule has 16 heavy (non-hydrogen) atoms. The first-order valence-electron chi connectivity index (χ1n) is 5.33. The predicted octanol–water partition coefficient (Wildman–Crippen LogP) is 2.05. The van der Waals surface area contributed by atoms with E-state index in [1.807, 2.05) is 37.3 Å². The Hall–Kier alpha value is -1.35. The van der Waals surface area contributed by atoms with Crippen LogP contribution in [0.15, 0.2) is 30.3 Å². The van der Waals surface area contributed by atoms with Crippen molar-refractivity contribution >= 4 is 5.97 Å². The fourth-order valence-electron chi connectivity index (χ4n) is 1.65. The van der Waals surface area contributed by atoms with E-state index in [9.17, 15) is 4.79 Å². The van der Waals surface area contributed by atoms with Crippen LogP contribution >= 0.6 is 0 Å². The lowest BCUT2D eigenvalue weighted by atomic mass is 9.97. The Labute approximate surface area is 96.4 Å². The van der Waals surface area contributed by atoms with Crippen LogP contribution in [0.1, 0.15) is 12.5 Å². The molecule has 0 amide bonds. The van der Waals surface area contributed by atoms with Gasteiger partial charge in [-0.15, -0.1) is 0 Å². The Morgan fingerprint density at radius 2 is 1.88 bits per heavy atom. The molecule has 1 aromatic carbocycles. The Bertz CT molecular complexity index is 321. The number of methoxy groups -OCH3 is 2. The summed E-state index contributed by atoms with van der Waals surface area (Å²) in [6.45, 7) is 1.82. The number of carbonyl (C=O) groups excluding carboxylic acids is 1. The summed E-state index contributed by atoms with van der Waals surface area (Å²) >= 11 is 0. The minimum atomic E-state index is -0.254. The van der Waals surface area contributed by atoms with Gasteiger partial charge in [0, 0.05) is 7.11 Å². The van der Waals surface area contributed by atoms with Gasteiger partial charge in [0.2, 0.25) is 0 Å². The Morgan fingerprint density at radius 1 is 1.25 bits per heavy atom. The van der Waals surface area contributed by atoms with Crippen LogP contribution in [0.2, 0.25) is 0 Å². The van der Waals surface area contributed by atoms with E-state index in [1.165, 1.54) is 7.11 Å². The second kappa shape index (κ2) is 6.28. The van der Waals surface area contributed by atoms with Crippen LogP contribution < -0.4 is 0 Å². The van der Waals surface area contributed by atoms with Gasteiger partial charge >= 0.3 is 5.97 Å². The van der Waals surface area contributed by atoms with Gasteiger partial charge in [-0.25, -0.2) is 0 Å². The van der Waals surface area contributed by atoms with Crippen molar-refractivity contribution in [3.05, 3.63) is 35.9 Å². The molecule has 2 unspecified atom stereocenters. The highest BCUT2D eigenvalue weighted by atomic mass is 16.5. The molecule has 0 saturated heterocycles. The molecular weight excluding hydrogens is 204 g/mol. The van der Waals surface area contributed by atoms with Crippen molar-refractivity contribution in [1.29, 1.82) is 0 Å². The Balaban J connectivity index is 2.65. The minimum Gasteiger partial charge on any atom is -0.469 e. The van der Waals surface area contributed by atoms with Gasteiger partial charge in [0.1, 0.15) is 0 Å². The monoisotopic (exact) mass is 222 g/mol. The average molecular weight is 222 g/mol. The summed E-state index contributed by atoms with van der Waals surface area (Å²) in [6.07, 6.45) is 0.572. The molecule has 0 aliphatic heterocycles.